The Morgan fingerprint density at radius 3 is 3.18 bits per heavy atom. The zero-order valence-corrected chi connectivity index (χ0v) is 9.90. The lowest BCUT2D eigenvalue weighted by Crippen LogP contribution is -2.07. The summed E-state index contributed by atoms with van der Waals surface area (Å²) >= 11 is 5.68. The van der Waals surface area contributed by atoms with Crippen LogP contribution in [0.1, 0.15) is 30.3 Å². The lowest BCUT2D eigenvalue weighted by atomic mass is 10.3. The highest BCUT2D eigenvalue weighted by Gasteiger charge is 2.19. The third-order valence-electron chi connectivity index (χ3n) is 2.08. The molecule has 17 heavy (non-hydrogen) atoms. The molecule has 0 saturated carbocycles. The number of carbonyl (C=O) groups is 1. The van der Waals surface area contributed by atoms with Crippen molar-refractivity contribution in [3.8, 4) is 0 Å². The number of aromatic nitrogens is 3. The van der Waals surface area contributed by atoms with Crippen molar-refractivity contribution in [2.75, 3.05) is 6.61 Å². The third kappa shape index (κ3) is 2.52. The van der Waals surface area contributed by atoms with Crippen molar-refractivity contribution in [3.05, 3.63) is 17.0 Å². The van der Waals surface area contributed by atoms with Gasteiger partial charge in [-0.1, -0.05) is 30.1 Å². The second-order valence-electron chi connectivity index (χ2n) is 3.37. The molecule has 0 aliphatic heterocycles. The number of nitrogens with zero attached hydrogens (tertiary/aromatic N) is 3. The summed E-state index contributed by atoms with van der Waals surface area (Å²) in [5.41, 5.74) is 0.391. The summed E-state index contributed by atoms with van der Waals surface area (Å²) < 4.78 is 9.85. The molecular weight excluding hydrogens is 246 g/mol. The Labute approximate surface area is 102 Å². The molecule has 2 aromatic rings. The minimum Gasteiger partial charge on any atom is -0.461 e. The van der Waals surface area contributed by atoms with Crippen LogP contribution >= 0.6 is 11.6 Å². The zero-order chi connectivity index (χ0) is 12.3. The number of hydrogen-bond donors (Lipinski definition) is 0. The number of fused-ring (bicyclic) bond motifs is 1. The van der Waals surface area contributed by atoms with Crippen LogP contribution in [0.15, 0.2) is 10.7 Å². The molecule has 0 fully saturated rings. The first-order chi connectivity index (χ1) is 8.22. The number of esters is 1. The minimum atomic E-state index is -0.575. The van der Waals surface area contributed by atoms with E-state index in [9.17, 15) is 4.79 Å². The number of halogens is 1. The standard InChI is InChI=1S/C10H10ClN3O3/c1-2-3-4-16-10(15)8-7-9(17-14-8)12-5-6(11)13-7/h5H,2-4H2,1H3. The van der Waals surface area contributed by atoms with Crippen molar-refractivity contribution < 1.29 is 14.1 Å². The van der Waals surface area contributed by atoms with Crippen LogP contribution in [0.25, 0.3) is 11.2 Å². The first kappa shape index (κ1) is 11.8. The molecular formula is C10H10ClN3O3. The second kappa shape index (κ2) is 5.09. The van der Waals surface area contributed by atoms with Crippen LogP contribution in [0.4, 0.5) is 0 Å². The Hall–Kier alpha value is -1.69. The molecule has 6 nitrogen and oxygen atoms in total. The van der Waals surface area contributed by atoms with E-state index in [4.69, 9.17) is 20.9 Å². The molecule has 90 valence electrons. The normalized spacial score (nSPS) is 10.7. The summed E-state index contributed by atoms with van der Waals surface area (Å²) in [5, 5.41) is 3.75. The minimum absolute atomic E-state index is 0.00565. The zero-order valence-electron chi connectivity index (χ0n) is 9.14. The summed E-state index contributed by atoms with van der Waals surface area (Å²) in [6.07, 6.45) is 3.06. The van der Waals surface area contributed by atoms with Gasteiger partial charge in [-0.05, 0) is 6.42 Å². The van der Waals surface area contributed by atoms with E-state index in [2.05, 4.69) is 15.1 Å². The van der Waals surface area contributed by atoms with Crippen molar-refractivity contribution in [1.82, 2.24) is 15.1 Å². The van der Waals surface area contributed by atoms with Gasteiger partial charge in [-0.25, -0.2) is 14.8 Å². The summed E-state index contributed by atoms with van der Waals surface area (Å²) in [4.78, 5) is 19.4. The lowest BCUT2D eigenvalue weighted by molar-refractivity contribution is 0.0490. The summed E-state index contributed by atoms with van der Waals surface area (Å²) in [7, 11) is 0. The smallest absolute Gasteiger partial charge is 0.362 e. The summed E-state index contributed by atoms with van der Waals surface area (Å²) in [6, 6.07) is 0. The maximum atomic E-state index is 11.7. The predicted octanol–water partition coefficient (Wildman–Crippen LogP) is 2.23. The van der Waals surface area contributed by atoms with Gasteiger partial charge in [0.15, 0.2) is 5.52 Å². The van der Waals surface area contributed by atoms with Gasteiger partial charge in [0.2, 0.25) is 5.69 Å². The highest BCUT2D eigenvalue weighted by atomic mass is 35.5. The average Bonchev–Trinajstić information content (AvgIpc) is 2.72. The Morgan fingerprint density at radius 2 is 2.41 bits per heavy atom. The first-order valence-electron chi connectivity index (χ1n) is 5.17. The van der Waals surface area contributed by atoms with Crippen LogP contribution in [0, 0.1) is 0 Å². The van der Waals surface area contributed by atoms with Crippen LogP contribution in [-0.2, 0) is 4.74 Å². The van der Waals surface area contributed by atoms with Gasteiger partial charge in [0.1, 0.15) is 5.15 Å². The highest BCUT2D eigenvalue weighted by molar-refractivity contribution is 6.29. The monoisotopic (exact) mass is 255 g/mol. The van der Waals surface area contributed by atoms with E-state index in [0.29, 0.717) is 6.61 Å². The fourth-order valence-electron chi connectivity index (χ4n) is 1.22. The first-order valence-corrected chi connectivity index (χ1v) is 5.55. The van der Waals surface area contributed by atoms with Gasteiger partial charge in [-0.3, -0.25) is 0 Å². The Kier molecular flexibility index (Phi) is 3.53. The molecule has 0 atom stereocenters. The molecule has 0 bridgehead atoms. The van der Waals surface area contributed by atoms with E-state index >= 15 is 0 Å². The van der Waals surface area contributed by atoms with Crippen molar-refractivity contribution in [1.29, 1.82) is 0 Å². The van der Waals surface area contributed by atoms with E-state index in [1.54, 1.807) is 0 Å². The van der Waals surface area contributed by atoms with Gasteiger partial charge >= 0.3 is 5.97 Å². The van der Waals surface area contributed by atoms with Crippen molar-refractivity contribution in [2.24, 2.45) is 0 Å². The van der Waals surface area contributed by atoms with Gasteiger partial charge in [0.25, 0.3) is 5.71 Å². The lowest BCUT2D eigenvalue weighted by Gasteiger charge is -2.00. The number of ether oxygens (including phenoxy) is 1. The summed E-state index contributed by atoms with van der Waals surface area (Å²) in [6.45, 7) is 2.35. The van der Waals surface area contributed by atoms with Crippen LogP contribution < -0.4 is 0 Å². The van der Waals surface area contributed by atoms with E-state index in [1.165, 1.54) is 6.20 Å². The van der Waals surface area contributed by atoms with Crippen LogP contribution in [0.2, 0.25) is 5.15 Å². The molecule has 0 N–H and O–H groups in total. The fourth-order valence-corrected chi connectivity index (χ4v) is 1.35. The van der Waals surface area contributed by atoms with Crippen molar-refractivity contribution in [3.63, 3.8) is 0 Å². The SMILES string of the molecule is CCCCOC(=O)c1noc2ncc(Cl)nc12. The molecule has 7 heteroatoms. The molecule has 0 aliphatic carbocycles. The van der Waals surface area contributed by atoms with Crippen molar-refractivity contribution >= 4 is 28.8 Å². The molecule has 0 radical (unpaired) electrons. The van der Waals surface area contributed by atoms with Gasteiger partial charge in [0, 0.05) is 0 Å². The van der Waals surface area contributed by atoms with Crippen LogP contribution in [0.3, 0.4) is 0 Å². The quantitative estimate of drug-likeness (QED) is 0.616. The molecule has 0 aliphatic rings. The molecule has 0 spiro atoms. The van der Waals surface area contributed by atoms with E-state index in [0.717, 1.165) is 12.8 Å². The maximum Gasteiger partial charge on any atom is 0.362 e. The largest absolute Gasteiger partial charge is 0.461 e. The Bertz CT molecular complexity index is 541. The van der Waals surface area contributed by atoms with E-state index in [1.807, 2.05) is 6.92 Å². The molecule has 2 rings (SSSR count). The molecule has 0 aromatic carbocycles. The Morgan fingerprint density at radius 1 is 1.59 bits per heavy atom. The molecule has 2 aromatic heterocycles. The highest BCUT2D eigenvalue weighted by Crippen LogP contribution is 2.17. The van der Waals surface area contributed by atoms with Gasteiger partial charge < -0.3 is 9.26 Å². The number of carbonyl (C=O) groups excluding carboxylic acids is 1. The maximum absolute atomic E-state index is 11.7. The van der Waals surface area contributed by atoms with Gasteiger partial charge in [-0.15, -0.1) is 0 Å². The average molecular weight is 256 g/mol. The van der Waals surface area contributed by atoms with Crippen LogP contribution in [-0.4, -0.2) is 27.7 Å². The van der Waals surface area contributed by atoms with Gasteiger partial charge in [0.05, 0.1) is 12.8 Å². The van der Waals surface area contributed by atoms with Gasteiger partial charge in [-0.2, -0.15) is 0 Å². The molecule has 0 amide bonds. The van der Waals surface area contributed by atoms with Crippen LogP contribution in [0.5, 0.6) is 0 Å². The topological polar surface area (TPSA) is 78.1 Å². The second-order valence-corrected chi connectivity index (χ2v) is 3.75. The van der Waals surface area contributed by atoms with Crippen molar-refractivity contribution in [2.45, 2.75) is 19.8 Å². The number of hydrogen-bond acceptors (Lipinski definition) is 6. The van der Waals surface area contributed by atoms with E-state index in [-0.39, 0.29) is 22.1 Å². The molecule has 0 saturated heterocycles. The number of rotatable bonds is 4. The molecule has 2 heterocycles. The summed E-state index contributed by atoms with van der Waals surface area (Å²) in [5.74, 6) is -0.575. The van der Waals surface area contributed by atoms with E-state index < -0.39 is 5.97 Å². The predicted molar refractivity (Wildman–Crippen MR) is 59.8 cm³/mol. The Balaban J connectivity index is 2.23. The number of unbranched alkanes of at least 4 members (excludes halogenated alkanes) is 1. The fraction of sp³-hybridized carbons (Fsp3) is 0.400. The molecule has 0 unspecified atom stereocenters. The third-order valence-corrected chi connectivity index (χ3v) is 2.26.